The van der Waals surface area contributed by atoms with Gasteiger partial charge in [-0.3, -0.25) is 4.79 Å². The molecule has 8 heteroatoms. The Morgan fingerprint density at radius 2 is 2.04 bits per heavy atom. The number of unbranched alkanes of at least 4 members (excludes halogenated alkanes) is 2. The first-order chi connectivity index (χ1) is 12.6. The molecule has 1 aromatic heterocycles. The number of thioether (sulfide) groups is 1. The van der Waals surface area contributed by atoms with Crippen LogP contribution in [0.5, 0.6) is 11.5 Å². The summed E-state index contributed by atoms with van der Waals surface area (Å²) in [6.07, 6.45) is 5.12. The molecular formula is C18H26N4O3S. The van der Waals surface area contributed by atoms with Crippen LogP contribution >= 0.6 is 11.8 Å². The van der Waals surface area contributed by atoms with Crippen molar-refractivity contribution in [3.8, 4) is 11.5 Å². The molecular weight excluding hydrogens is 352 g/mol. The van der Waals surface area contributed by atoms with Crippen LogP contribution < -0.4 is 14.8 Å². The van der Waals surface area contributed by atoms with Gasteiger partial charge in [-0.05, 0) is 25.5 Å². The van der Waals surface area contributed by atoms with Crippen molar-refractivity contribution in [3.05, 3.63) is 24.5 Å². The Bertz CT molecular complexity index is 720. The van der Waals surface area contributed by atoms with Gasteiger partial charge in [0.15, 0.2) is 16.7 Å². The minimum absolute atomic E-state index is 0.106. The highest BCUT2D eigenvalue weighted by Gasteiger charge is 2.18. The van der Waals surface area contributed by atoms with Gasteiger partial charge in [-0.1, -0.05) is 31.5 Å². The summed E-state index contributed by atoms with van der Waals surface area (Å²) in [5.41, 5.74) is 0.657. The third-order valence-electron chi connectivity index (χ3n) is 3.89. The molecule has 0 aliphatic carbocycles. The molecule has 0 unspecified atom stereocenters. The van der Waals surface area contributed by atoms with E-state index in [0.29, 0.717) is 17.2 Å². The molecule has 0 radical (unpaired) electrons. The number of rotatable bonds is 10. The Hall–Kier alpha value is -2.22. The maximum atomic E-state index is 12.5. The molecule has 0 fully saturated rings. The molecule has 0 aliphatic heterocycles. The van der Waals surface area contributed by atoms with Crippen LogP contribution in [-0.2, 0) is 11.3 Å². The number of benzene rings is 1. The van der Waals surface area contributed by atoms with Crippen LogP contribution in [0.15, 0.2) is 29.7 Å². The first-order valence-electron chi connectivity index (χ1n) is 8.66. The van der Waals surface area contributed by atoms with Gasteiger partial charge in [-0.15, -0.1) is 10.2 Å². The van der Waals surface area contributed by atoms with E-state index in [1.54, 1.807) is 38.7 Å². The second-order valence-corrected chi connectivity index (χ2v) is 7.14. The Morgan fingerprint density at radius 3 is 2.73 bits per heavy atom. The van der Waals surface area contributed by atoms with E-state index >= 15 is 0 Å². The van der Waals surface area contributed by atoms with Gasteiger partial charge in [-0.2, -0.15) is 0 Å². The molecule has 2 aromatic rings. The third-order valence-corrected chi connectivity index (χ3v) is 4.98. The lowest BCUT2D eigenvalue weighted by Crippen LogP contribution is -2.23. The lowest BCUT2D eigenvalue weighted by molar-refractivity contribution is -0.115. The zero-order valence-electron chi connectivity index (χ0n) is 15.7. The number of anilines is 1. The van der Waals surface area contributed by atoms with Gasteiger partial charge < -0.3 is 19.4 Å². The van der Waals surface area contributed by atoms with Crippen molar-refractivity contribution in [2.24, 2.45) is 0 Å². The minimum Gasteiger partial charge on any atom is -0.493 e. The molecule has 2 rings (SSSR count). The summed E-state index contributed by atoms with van der Waals surface area (Å²) in [5.74, 6) is 1.08. The molecule has 0 spiro atoms. The summed E-state index contributed by atoms with van der Waals surface area (Å²) in [6.45, 7) is 4.89. The number of nitrogens with one attached hydrogen (secondary N) is 1. The highest BCUT2D eigenvalue weighted by atomic mass is 32.2. The van der Waals surface area contributed by atoms with Crippen LogP contribution in [0.25, 0.3) is 0 Å². The summed E-state index contributed by atoms with van der Waals surface area (Å²) >= 11 is 1.40. The number of carbonyl (C=O) groups excluding carboxylic acids is 1. The van der Waals surface area contributed by atoms with Crippen molar-refractivity contribution in [1.29, 1.82) is 0 Å². The fraction of sp³-hybridized carbons (Fsp3) is 0.500. The van der Waals surface area contributed by atoms with Gasteiger partial charge >= 0.3 is 0 Å². The summed E-state index contributed by atoms with van der Waals surface area (Å²) in [5, 5.41) is 11.5. The van der Waals surface area contributed by atoms with Crippen LogP contribution in [0.3, 0.4) is 0 Å². The predicted octanol–water partition coefficient (Wildman–Crippen LogP) is 3.60. The number of amides is 1. The van der Waals surface area contributed by atoms with Crippen LogP contribution in [0, 0.1) is 0 Å². The highest BCUT2D eigenvalue weighted by Crippen LogP contribution is 2.30. The van der Waals surface area contributed by atoms with E-state index in [4.69, 9.17) is 9.47 Å². The van der Waals surface area contributed by atoms with E-state index in [-0.39, 0.29) is 11.2 Å². The normalized spacial score (nSPS) is 11.8. The quantitative estimate of drug-likeness (QED) is 0.503. The van der Waals surface area contributed by atoms with Crippen LogP contribution in [0.2, 0.25) is 0 Å². The van der Waals surface area contributed by atoms with Crippen molar-refractivity contribution in [1.82, 2.24) is 14.8 Å². The number of hydrogen-bond acceptors (Lipinski definition) is 6. The average Bonchev–Trinajstić information content (AvgIpc) is 3.08. The second kappa shape index (κ2) is 10.1. The molecule has 0 aliphatic rings. The fourth-order valence-corrected chi connectivity index (χ4v) is 3.24. The van der Waals surface area contributed by atoms with E-state index in [2.05, 4.69) is 22.4 Å². The molecule has 1 aromatic carbocycles. The Morgan fingerprint density at radius 1 is 1.27 bits per heavy atom. The van der Waals surface area contributed by atoms with Crippen LogP contribution in [0.4, 0.5) is 5.69 Å². The monoisotopic (exact) mass is 378 g/mol. The number of carbonyl (C=O) groups is 1. The van der Waals surface area contributed by atoms with E-state index < -0.39 is 0 Å². The van der Waals surface area contributed by atoms with Crippen molar-refractivity contribution in [2.45, 2.75) is 50.1 Å². The molecule has 7 nitrogen and oxygen atoms in total. The van der Waals surface area contributed by atoms with Gasteiger partial charge in [0.25, 0.3) is 0 Å². The van der Waals surface area contributed by atoms with Crippen molar-refractivity contribution in [2.75, 3.05) is 19.5 Å². The molecule has 142 valence electrons. The Balaban J connectivity index is 1.97. The molecule has 1 amide bonds. The van der Waals surface area contributed by atoms with E-state index in [9.17, 15) is 4.79 Å². The minimum atomic E-state index is -0.308. The van der Waals surface area contributed by atoms with Gasteiger partial charge in [0, 0.05) is 18.3 Å². The summed E-state index contributed by atoms with van der Waals surface area (Å²) in [7, 11) is 3.14. The number of methoxy groups -OCH3 is 2. The standard InChI is InChI=1S/C18H26N4O3S/c1-5-6-7-10-22-12-19-21-18(22)26-13(2)17(23)20-14-8-9-15(24-3)16(11-14)25-4/h8-9,11-13H,5-7,10H2,1-4H3,(H,20,23)/t13-/m1/s1. The number of aryl methyl sites for hydroxylation is 1. The molecule has 1 N–H and O–H groups in total. The number of hydrogen-bond donors (Lipinski definition) is 1. The van der Waals surface area contributed by atoms with E-state index in [1.807, 2.05) is 11.5 Å². The van der Waals surface area contributed by atoms with Gasteiger partial charge in [-0.25, -0.2) is 0 Å². The maximum absolute atomic E-state index is 12.5. The fourth-order valence-electron chi connectivity index (χ4n) is 2.39. The molecule has 1 heterocycles. The zero-order valence-corrected chi connectivity index (χ0v) is 16.5. The van der Waals surface area contributed by atoms with E-state index in [1.165, 1.54) is 11.8 Å². The molecule has 0 saturated heterocycles. The van der Waals surface area contributed by atoms with Crippen LogP contribution in [-0.4, -0.2) is 40.1 Å². The van der Waals surface area contributed by atoms with Gasteiger partial charge in [0.05, 0.1) is 19.5 Å². The van der Waals surface area contributed by atoms with E-state index in [0.717, 1.165) is 31.0 Å². The number of aromatic nitrogens is 3. The van der Waals surface area contributed by atoms with Gasteiger partial charge in [0.1, 0.15) is 6.33 Å². The lowest BCUT2D eigenvalue weighted by Gasteiger charge is -2.14. The first kappa shape index (κ1) is 20.1. The largest absolute Gasteiger partial charge is 0.493 e. The van der Waals surface area contributed by atoms with Gasteiger partial charge in [0.2, 0.25) is 5.91 Å². The summed E-state index contributed by atoms with van der Waals surface area (Å²) in [6, 6.07) is 5.28. The smallest absolute Gasteiger partial charge is 0.237 e. The molecule has 0 saturated carbocycles. The summed E-state index contributed by atoms with van der Waals surface area (Å²) in [4.78, 5) is 12.5. The number of ether oxygens (including phenoxy) is 2. The predicted molar refractivity (Wildman–Crippen MR) is 103 cm³/mol. The second-order valence-electron chi connectivity index (χ2n) is 5.83. The van der Waals surface area contributed by atoms with Crippen molar-refractivity contribution < 1.29 is 14.3 Å². The topological polar surface area (TPSA) is 78.3 Å². The maximum Gasteiger partial charge on any atom is 0.237 e. The number of nitrogens with zero attached hydrogens (tertiary/aromatic N) is 3. The first-order valence-corrected chi connectivity index (χ1v) is 9.54. The zero-order chi connectivity index (χ0) is 18.9. The van der Waals surface area contributed by atoms with Crippen LogP contribution in [0.1, 0.15) is 33.1 Å². The molecule has 1 atom stereocenters. The SMILES string of the molecule is CCCCCn1cnnc1S[C@H](C)C(=O)Nc1ccc(OC)c(OC)c1. The van der Waals surface area contributed by atoms with Crippen molar-refractivity contribution >= 4 is 23.4 Å². The Labute approximate surface area is 158 Å². The molecule has 0 bridgehead atoms. The third kappa shape index (κ3) is 5.39. The lowest BCUT2D eigenvalue weighted by atomic mass is 10.2. The summed E-state index contributed by atoms with van der Waals surface area (Å²) < 4.78 is 12.5. The average molecular weight is 378 g/mol. The van der Waals surface area contributed by atoms with Crippen molar-refractivity contribution in [3.63, 3.8) is 0 Å². The highest BCUT2D eigenvalue weighted by molar-refractivity contribution is 8.00. The Kier molecular flexibility index (Phi) is 7.77. The molecule has 26 heavy (non-hydrogen) atoms.